The van der Waals surface area contributed by atoms with Gasteiger partial charge in [-0.2, -0.15) is 0 Å². The lowest BCUT2D eigenvalue weighted by Crippen LogP contribution is -2.31. The highest BCUT2D eigenvalue weighted by Gasteiger charge is 2.40. The minimum absolute atomic E-state index is 0.0147. The van der Waals surface area contributed by atoms with Gasteiger partial charge in [-0.15, -0.1) is 0 Å². The molecular weight excluding hydrogens is 354 g/mol. The Morgan fingerprint density at radius 2 is 2.04 bits per heavy atom. The van der Waals surface area contributed by atoms with Crippen molar-refractivity contribution in [1.82, 2.24) is 24.8 Å². The number of aromatic nitrogens is 3. The summed E-state index contributed by atoms with van der Waals surface area (Å²) in [7, 11) is 0. The normalized spacial score (nSPS) is 19.3. The molecule has 1 fully saturated rings. The molecule has 5 nitrogen and oxygen atoms in total. The molecule has 0 amide bonds. The van der Waals surface area contributed by atoms with Gasteiger partial charge in [-0.1, -0.05) is 19.4 Å². The van der Waals surface area contributed by atoms with Crippen LogP contribution in [0.5, 0.6) is 0 Å². The molecule has 0 unspecified atom stereocenters. The smallest absolute Gasteiger partial charge is 0.170 e. The molecule has 1 saturated heterocycles. The first kappa shape index (κ1) is 17.7. The molecule has 0 saturated carbocycles. The SMILES string of the molecule is CCCCN1C(=S)N[C@@H](c2ccccn2)[C@H]1c1cccn1-c1cccnc1. The molecule has 0 aromatic carbocycles. The molecule has 3 aromatic rings. The van der Waals surface area contributed by atoms with Crippen LogP contribution in [0.4, 0.5) is 0 Å². The standard InChI is InChI=1S/C21H23N5S/c1-2-3-13-26-20(19(24-21(26)27)17-9-4-5-12-23-17)18-10-7-14-25(18)16-8-6-11-22-15-16/h4-12,14-15,19-20H,2-3,13H2,1H3,(H,24,27)/t19-,20+/m0/s1. The Hall–Kier alpha value is -2.73. The Balaban J connectivity index is 1.78. The van der Waals surface area contributed by atoms with Crippen LogP contribution in [0.3, 0.4) is 0 Å². The number of thiocarbonyl (C=S) groups is 1. The van der Waals surface area contributed by atoms with Crippen LogP contribution in [0, 0.1) is 0 Å². The van der Waals surface area contributed by atoms with Gasteiger partial charge in [0.25, 0.3) is 0 Å². The van der Waals surface area contributed by atoms with Gasteiger partial charge in [0.1, 0.15) is 0 Å². The number of rotatable bonds is 6. The van der Waals surface area contributed by atoms with Gasteiger partial charge in [-0.05, 0) is 55.0 Å². The Labute approximate surface area is 165 Å². The van der Waals surface area contributed by atoms with E-state index in [9.17, 15) is 0 Å². The van der Waals surface area contributed by atoms with Crippen LogP contribution in [0.15, 0.2) is 67.3 Å². The van der Waals surface area contributed by atoms with E-state index in [4.69, 9.17) is 12.2 Å². The highest BCUT2D eigenvalue weighted by molar-refractivity contribution is 7.80. The van der Waals surface area contributed by atoms with E-state index >= 15 is 0 Å². The average Bonchev–Trinajstić information content (AvgIpc) is 3.32. The lowest BCUT2D eigenvalue weighted by atomic mass is 10.0. The van der Waals surface area contributed by atoms with Crippen LogP contribution in [-0.2, 0) is 0 Å². The largest absolute Gasteiger partial charge is 0.352 e. The van der Waals surface area contributed by atoms with Crippen molar-refractivity contribution < 1.29 is 0 Å². The van der Waals surface area contributed by atoms with Crippen molar-refractivity contribution in [2.24, 2.45) is 0 Å². The van der Waals surface area contributed by atoms with Gasteiger partial charge in [0.2, 0.25) is 0 Å². The van der Waals surface area contributed by atoms with Gasteiger partial charge in [-0.3, -0.25) is 9.97 Å². The maximum Gasteiger partial charge on any atom is 0.170 e. The van der Waals surface area contributed by atoms with Crippen LogP contribution in [0.2, 0.25) is 0 Å². The van der Waals surface area contributed by atoms with E-state index in [1.54, 1.807) is 6.20 Å². The molecule has 2 atom stereocenters. The van der Waals surface area contributed by atoms with Crippen LogP contribution in [0.1, 0.15) is 43.2 Å². The second-order valence-electron chi connectivity index (χ2n) is 6.69. The quantitative estimate of drug-likeness (QED) is 0.657. The molecule has 0 spiro atoms. The minimum Gasteiger partial charge on any atom is -0.352 e. The molecule has 1 aliphatic rings. The number of unbranched alkanes of at least 4 members (excludes halogenated alkanes) is 1. The summed E-state index contributed by atoms with van der Waals surface area (Å²) in [6.45, 7) is 3.13. The maximum absolute atomic E-state index is 5.71. The van der Waals surface area contributed by atoms with E-state index in [0.717, 1.165) is 35.9 Å². The van der Waals surface area contributed by atoms with Gasteiger partial charge >= 0.3 is 0 Å². The third kappa shape index (κ3) is 3.45. The summed E-state index contributed by atoms with van der Waals surface area (Å²) in [5.41, 5.74) is 3.23. The fourth-order valence-electron chi connectivity index (χ4n) is 3.66. The molecular formula is C21H23N5S. The predicted octanol–water partition coefficient (Wildman–Crippen LogP) is 4.04. The Morgan fingerprint density at radius 1 is 1.11 bits per heavy atom. The summed E-state index contributed by atoms with van der Waals surface area (Å²) in [6.07, 6.45) is 9.83. The fraction of sp³-hybridized carbons (Fsp3) is 0.286. The van der Waals surface area contributed by atoms with Crippen LogP contribution >= 0.6 is 12.2 Å². The Morgan fingerprint density at radius 3 is 2.78 bits per heavy atom. The van der Waals surface area contributed by atoms with Crippen molar-refractivity contribution in [3.63, 3.8) is 0 Å². The number of nitrogens with zero attached hydrogens (tertiary/aromatic N) is 4. The van der Waals surface area contributed by atoms with E-state index in [1.165, 1.54) is 5.69 Å². The molecule has 3 aromatic heterocycles. The van der Waals surface area contributed by atoms with E-state index in [0.29, 0.717) is 0 Å². The maximum atomic E-state index is 5.71. The molecule has 4 heterocycles. The van der Waals surface area contributed by atoms with Gasteiger partial charge in [0, 0.05) is 30.8 Å². The van der Waals surface area contributed by atoms with Gasteiger partial charge < -0.3 is 14.8 Å². The first-order chi connectivity index (χ1) is 13.3. The van der Waals surface area contributed by atoms with Crippen molar-refractivity contribution in [2.45, 2.75) is 31.8 Å². The first-order valence-electron chi connectivity index (χ1n) is 9.35. The van der Waals surface area contributed by atoms with Crippen LogP contribution in [-0.4, -0.2) is 31.1 Å². The summed E-state index contributed by atoms with van der Waals surface area (Å²) in [5, 5.41) is 4.31. The molecule has 0 radical (unpaired) electrons. The van der Waals surface area contributed by atoms with Crippen molar-refractivity contribution in [3.05, 3.63) is 78.6 Å². The predicted molar refractivity (Wildman–Crippen MR) is 111 cm³/mol. The molecule has 4 rings (SSSR count). The number of hydrogen-bond donors (Lipinski definition) is 1. The van der Waals surface area contributed by atoms with E-state index in [-0.39, 0.29) is 12.1 Å². The van der Waals surface area contributed by atoms with E-state index in [2.05, 4.69) is 62.1 Å². The molecule has 6 heteroatoms. The summed E-state index contributed by atoms with van der Waals surface area (Å²) >= 11 is 5.71. The summed E-state index contributed by atoms with van der Waals surface area (Å²) < 4.78 is 2.20. The molecule has 1 aliphatic heterocycles. The van der Waals surface area contributed by atoms with E-state index in [1.807, 2.05) is 30.6 Å². The van der Waals surface area contributed by atoms with Crippen LogP contribution < -0.4 is 5.32 Å². The molecule has 27 heavy (non-hydrogen) atoms. The zero-order valence-corrected chi connectivity index (χ0v) is 16.1. The lowest BCUT2D eigenvalue weighted by Gasteiger charge is -2.28. The second-order valence-corrected chi connectivity index (χ2v) is 7.07. The third-order valence-electron chi connectivity index (χ3n) is 4.96. The topological polar surface area (TPSA) is 46.0 Å². The van der Waals surface area contributed by atoms with Crippen molar-refractivity contribution in [2.75, 3.05) is 6.54 Å². The molecule has 1 N–H and O–H groups in total. The number of hydrogen-bond acceptors (Lipinski definition) is 3. The zero-order valence-electron chi connectivity index (χ0n) is 15.3. The van der Waals surface area contributed by atoms with Gasteiger partial charge in [-0.25, -0.2) is 0 Å². The zero-order chi connectivity index (χ0) is 18.6. The third-order valence-corrected chi connectivity index (χ3v) is 5.31. The summed E-state index contributed by atoms with van der Waals surface area (Å²) in [4.78, 5) is 11.2. The van der Waals surface area contributed by atoms with Crippen LogP contribution in [0.25, 0.3) is 5.69 Å². The average molecular weight is 378 g/mol. The first-order valence-corrected chi connectivity index (χ1v) is 9.76. The minimum atomic E-state index is 0.0147. The number of nitrogens with one attached hydrogen (secondary N) is 1. The highest BCUT2D eigenvalue weighted by Crippen LogP contribution is 2.39. The molecule has 138 valence electrons. The fourth-order valence-corrected chi connectivity index (χ4v) is 3.99. The monoisotopic (exact) mass is 377 g/mol. The molecule has 0 aliphatic carbocycles. The summed E-state index contributed by atoms with van der Waals surface area (Å²) in [6, 6.07) is 14.4. The lowest BCUT2D eigenvalue weighted by molar-refractivity contribution is 0.304. The molecule has 0 bridgehead atoms. The Kier molecular flexibility index (Phi) is 5.16. The van der Waals surface area contributed by atoms with Crippen molar-refractivity contribution in [3.8, 4) is 5.69 Å². The van der Waals surface area contributed by atoms with Gasteiger partial charge in [0.15, 0.2) is 5.11 Å². The Bertz CT molecular complexity index is 893. The highest BCUT2D eigenvalue weighted by atomic mass is 32.1. The van der Waals surface area contributed by atoms with Crippen molar-refractivity contribution >= 4 is 17.3 Å². The van der Waals surface area contributed by atoms with E-state index < -0.39 is 0 Å². The van der Waals surface area contributed by atoms with Gasteiger partial charge in [0.05, 0.1) is 29.7 Å². The summed E-state index contributed by atoms with van der Waals surface area (Å²) in [5.74, 6) is 0. The second kappa shape index (κ2) is 7.88. The number of pyridine rings is 2. The van der Waals surface area contributed by atoms with Crippen molar-refractivity contribution in [1.29, 1.82) is 0 Å².